The monoisotopic (exact) mass is 342 g/mol. The van der Waals surface area contributed by atoms with Crippen molar-refractivity contribution in [3.8, 4) is 11.3 Å². The fourth-order valence-corrected chi connectivity index (χ4v) is 2.81. The molecule has 0 aliphatic heterocycles. The summed E-state index contributed by atoms with van der Waals surface area (Å²) >= 11 is 0. The van der Waals surface area contributed by atoms with Gasteiger partial charge in [-0.05, 0) is 30.7 Å². The topological polar surface area (TPSA) is 59.3 Å². The van der Waals surface area contributed by atoms with Gasteiger partial charge in [0.15, 0.2) is 0 Å². The Balaban J connectivity index is 1.48. The highest BCUT2D eigenvalue weighted by molar-refractivity contribution is 5.92. The molecule has 128 valence electrons. The van der Waals surface area contributed by atoms with Gasteiger partial charge in [-0.1, -0.05) is 42.5 Å². The first-order valence-electron chi connectivity index (χ1n) is 8.44. The van der Waals surface area contributed by atoms with Gasteiger partial charge in [-0.15, -0.1) is 0 Å². The highest BCUT2D eigenvalue weighted by Gasteiger charge is 2.07. The zero-order valence-electron chi connectivity index (χ0n) is 14.4. The van der Waals surface area contributed by atoms with Crippen LogP contribution in [0.15, 0.2) is 73.1 Å². The van der Waals surface area contributed by atoms with E-state index < -0.39 is 0 Å². The SMILES string of the molecule is Cc1ccn2cc(-c3ccc(NC(=O)Cc4ccccc4)cc3)nc2n1. The number of hydrogen-bond donors (Lipinski definition) is 1. The van der Waals surface area contributed by atoms with Gasteiger partial charge in [-0.2, -0.15) is 0 Å². The van der Waals surface area contributed by atoms with Crippen molar-refractivity contribution < 1.29 is 4.79 Å². The molecule has 0 bridgehead atoms. The molecule has 1 N–H and O–H groups in total. The van der Waals surface area contributed by atoms with Crippen LogP contribution in [0, 0.1) is 6.92 Å². The Labute approximate surface area is 151 Å². The van der Waals surface area contributed by atoms with Gasteiger partial charge in [-0.3, -0.25) is 9.20 Å². The molecule has 4 rings (SSSR count). The van der Waals surface area contributed by atoms with E-state index in [0.717, 1.165) is 28.2 Å². The highest BCUT2D eigenvalue weighted by atomic mass is 16.1. The molecule has 0 radical (unpaired) electrons. The Hall–Kier alpha value is -3.47. The smallest absolute Gasteiger partial charge is 0.234 e. The summed E-state index contributed by atoms with van der Waals surface area (Å²) in [6, 6.07) is 19.3. The number of aryl methyl sites for hydroxylation is 1. The van der Waals surface area contributed by atoms with Gasteiger partial charge in [0.1, 0.15) is 0 Å². The summed E-state index contributed by atoms with van der Waals surface area (Å²) in [6.45, 7) is 1.95. The summed E-state index contributed by atoms with van der Waals surface area (Å²) in [4.78, 5) is 21.1. The average molecular weight is 342 g/mol. The maximum Gasteiger partial charge on any atom is 0.234 e. The number of nitrogens with zero attached hydrogens (tertiary/aromatic N) is 3. The van der Waals surface area contributed by atoms with Crippen molar-refractivity contribution in [3.05, 3.63) is 84.3 Å². The number of hydrogen-bond acceptors (Lipinski definition) is 3. The predicted molar refractivity (Wildman–Crippen MR) is 102 cm³/mol. The van der Waals surface area contributed by atoms with E-state index in [1.54, 1.807) is 0 Å². The third-order valence-electron chi connectivity index (χ3n) is 4.14. The molecule has 5 heteroatoms. The first kappa shape index (κ1) is 16.0. The molecular formula is C21H18N4O. The standard InChI is InChI=1S/C21H18N4O/c1-15-11-12-25-14-19(24-21(25)22-15)17-7-9-18(10-8-17)23-20(26)13-16-5-3-2-4-6-16/h2-12,14H,13H2,1H3,(H,23,26). The van der Waals surface area contributed by atoms with Gasteiger partial charge >= 0.3 is 0 Å². The lowest BCUT2D eigenvalue weighted by Crippen LogP contribution is -2.14. The van der Waals surface area contributed by atoms with E-state index in [4.69, 9.17) is 0 Å². The largest absolute Gasteiger partial charge is 0.326 e. The minimum Gasteiger partial charge on any atom is -0.326 e. The van der Waals surface area contributed by atoms with Crippen LogP contribution in [0.5, 0.6) is 0 Å². The van der Waals surface area contributed by atoms with Crippen LogP contribution in [0.4, 0.5) is 5.69 Å². The lowest BCUT2D eigenvalue weighted by atomic mass is 10.1. The molecule has 1 amide bonds. The summed E-state index contributed by atoms with van der Waals surface area (Å²) in [5.41, 5.74) is 4.53. The predicted octanol–water partition coefficient (Wildman–Crippen LogP) is 3.89. The van der Waals surface area contributed by atoms with Crippen LogP contribution in [0.1, 0.15) is 11.3 Å². The van der Waals surface area contributed by atoms with E-state index in [2.05, 4.69) is 15.3 Å². The molecule has 0 aliphatic rings. The summed E-state index contributed by atoms with van der Waals surface area (Å²) in [5.74, 6) is 0.650. The molecule has 0 fully saturated rings. The molecule has 2 aromatic carbocycles. The zero-order valence-corrected chi connectivity index (χ0v) is 14.4. The van der Waals surface area contributed by atoms with Crippen LogP contribution >= 0.6 is 0 Å². The average Bonchev–Trinajstić information content (AvgIpc) is 3.06. The molecule has 5 nitrogen and oxygen atoms in total. The highest BCUT2D eigenvalue weighted by Crippen LogP contribution is 2.21. The first-order chi connectivity index (χ1) is 12.7. The minimum atomic E-state index is -0.0312. The van der Waals surface area contributed by atoms with E-state index in [0.29, 0.717) is 12.2 Å². The third-order valence-corrected chi connectivity index (χ3v) is 4.14. The molecule has 2 aromatic heterocycles. The Morgan fingerprint density at radius 2 is 1.77 bits per heavy atom. The molecule has 2 heterocycles. The molecule has 26 heavy (non-hydrogen) atoms. The summed E-state index contributed by atoms with van der Waals surface area (Å²) in [5, 5.41) is 2.93. The van der Waals surface area contributed by atoms with Gasteiger partial charge in [0.05, 0.1) is 12.1 Å². The van der Waals surface area contributed by atoms with Crippen molar-refractivity contribution >= 4 is 17.4 Å². The lowest BCUT2D eigenvalue weighted by molar-refractivity contribution is -0.115. The third kappa shape index (κ3) is 3.47. The second-order valence-electron chi connectivity index (χ2n) is 6.19. The first-order valence-corrected chi connectivity index (χ1v) is 8.44. The van der Waals surface area contributed by atoms with E-state index >= 15 is 0 Å². The van der Waals surface area contributed by atoms with Crippen LogP contribution in [-0.2, 0) is 11.2 Å². The summed E-state index contributed by atoms with van der Waals surface area (Å²) in [6.07, 6.45) is 4.26. The fourth-order valence-electron chi connectivity index (χ4n) is 2.81. The number of imidazole rings is 1. The Kier molecular flexibility index (Phi) is 4.19. The van der Waals surface area contributed by atoms with E-state index in [9.17, 15) is 4.79 Å². The van der Waals surface area contributed by atoms with Gasteiger partial charge in [0.2, 0.25) is 11.7 Å². The second kappa shape index (κ2) is 6.80. The van der Waals surface area contributed by atoms with Gasteiger partial charge in [-0.25, -0.2) is 9.97 Å². The van der Waals surface area contributed by atoms with Crippen LogP contribution in [-0.4, -0.2) is 20.3 Å². The molecular weight excluding hydrogens is 324 g/mol. The molecule has 4 aromatic rings. The van der Waals surface area contributed by atoms with Gasteiger partial charge in [0, 0.05) is 29.3 Å². The van der Waals surface area contributed by atoms with Crippen molar-refractivity contribution in [2.24, 2.45) is 0 Å². The number of carbonyl (C=O) groups is 1. The number of anilines is 1. The van der Waals surface area contributed by atoms with Gasteiger partial charge in [0.25, 0.3) is 0 Å². The van der Waals surface area contributed by atoms with Crippen LogP contribution in [0.3, 0.4) is 0 Å². The normalized spacial score (nSPS) is 10.8. The lowest BCUT2D eigenvalue weighted by Gasteiger charge is -2.06. The number of fused-ring (bicyclic) bond motifs is 1. The maximum atomic E-state index is 12.2. The number of benzene rings is 2. The fraction of sp³-hybridized carbons (Fsp3) is 0.0952. The number of carbonyl (C=O) groups excluding carboxylic acids is 1. The summed E-state index contributed by atoms with van der Waals surface area (Å²) < 4.78 is 1.90. The number of rotatable bonds is 4. The zero-order chi connectivity index (χ0) is 17.9. The Bertz CT molecular complexity index is 1050. The van der Waals surface area contributed by atoms with Crippen LogP contribution < -0.4 is 5.32 Å². The summed E-state index contributed by atoms with van der Waals surface area (Å²) in [7, 11) is 0. The Morgan fingerprint density at radius 1 is 1.00 bits per heavy atom. The van der Waals surface area contributed by atoms with Crippen LogP contribution in [0.25, 0.3) is 17.0 Å². The quantitative estimate of drug-likeness (QED) is 0.612. The van der Waals surface area contributed by atoms with E-state index in [-0.39, 0.29) is 5.91 Å². The van der Waals surface area contributed by atoms with Crippen molar-refractivity contribution in [3.63, 3.8) is 0 Å². The maximum absolute atomic E-state index is 12.2. The van der Waals surface area contributed by atoms with Crippen molar-refractivity contribution in [2.45, 2.75) is 13.3 Å². The van der Waals surface area contributed by atoms with Crippen molar-refractivity contribution in [1.29, 1.82) is 0 Å². The number of aromatic nitrogens is 3. The molecule has 0 atom stereocenters. The van der Waals surface area contributed by atoms with Crippen molar-refractivity contribution in [2.75, 3.05) is 5.32 Å². The van der Waals surface area contributed by atoms with E-state index in [1.165, 1.54) is 0 Å². The van der Waals surface area contributed by atoms with Crippen molar-refractivity contribution in [1.82, 2.24) is 14.4 Å². The second-order valence-corrected chi connectivity index (χ2v) is 6.19. The number of nitrogens with one attached hydrogen (secondary N) is 1. The Morgan fingerprint density at radius 3 is 2.54 bits per heavy atom. The van der Waals surface area contributed by atoms with E-state index in [1.807, 2.05) is 84.4 Å². The molecule has 0 unspecified atom stereocenters. The molecule has 0 saturated carbocycles. The molecule has 0 spiro atoms. The molecule has 0 saturated heterocycles. The van der Waals surface area contributed by atoms with Crippen LogP contribution in [0.2, 0.25) is 0 Å². The van der Waals surface area contributed by atoms with Gasteiger partial charge < -0.3 is 5.32 Å². The minimum absolute atomic E-state index is 0.0312. The number of amides is 1. The molecule has 0 aliphatic carbocycles.